The molecule has 29 heavy (non-hydrogen) atoms. The summed E-state index contributed by atoms with van der Waals surface area (Å²) in [4.78, 5) is 57.8. The molecule has 13 heteroatoms. The van der Waals surface area contributed by atoms with Gasteiger partial charge in [0, 0.05) is 30.5 Å². The van der Waals surface area contributed by atoms with Gasteiger partial charge >= 0.3 is 5.97 Å². The Morgan fingerprint density at radius 2 is 2.21 bits per heavy atom. The van der Waals surface area contributed by atoms with Crippen molar-refractivity contribution in [3.63, 3.8) is 0 Å². The number of carbonyl (C=O) groups excluding carboxylic acids is 3. The Kier molecular flexibility index (Phi) is 5.61. The topological polar surface area (TPSA) is 168 Å². The van der Waals surface area contributed by atoms with Crippen molar-refractivity contribution in [2.24, 2.45) is 5.16 Å². The van der Waals surface area contributed by atoms with E-state index >= 15 is 0 Å². The monoisotopic (exact) mass is 422 g/mol. The van der Waals surface area contributed by atoms with Crippen molar-refractivity contribution in [1.82, 2.24) is 20.3 Å². The van der Waals surface area contributed by atoms with Gasteiger partial charge in [-0.2, -0.15) is 0 Å². The molecule has 2 aliphatic rings. The number of Topliss-reactive ketones (excluding diaryl/α,β-unsaturated/α-hetero) is 1. The number of fused-ring (bicyclic) bond motifs is 1. The van der Waals surface area contributed by atoms with Crippen LogP contribution in [0.15, 0.2) is 21.8 Å². The van der Waals surface area contributed by atoms with Crippen molar-refractivity contribution >= 4 is 45.7 Å². The number of nitrogen functional groups attached to an aromatic ring is 1. The highest BCUT2D eigenvalue weighted by atomic mass is 32.1. The highest BCUT2D eigenvalue weighted by Crippen LogP contribution is 2.30. The van der Waals surface area contributed by atoms with Crippen LogP contribution in [0.1, 0.15) is 19.0 Å². The van der Waals surface area contributed by atoms with E-state index in [1.807, 2.05) is 0 Å². The minimum absolute atomic E-state index is 0.00130. The molecule has 0 saturated carbocycles. The molecule has 1 atom stereocenters. The van der Waals surface area contributed by atoms with Gasteiger partial charge in [0.15, 0.2) is 22.3 Å². The number of rotatable bonds is 7. The third-order valence-electron chi connectivity index (χ3n) is 4.35. The number of oxime groups is 1. The van der Waals surface area contributed by atoms with Crippen molar-refractivity contribution in [2.45, 2.75) is 19.4 Å². The molecule has 0 aliphatic carbocycles. The molecule has 12 nitrogen and oxygen atoms in total. The van der Waals surface area contributed by atoms with Crippen LogP contribution >= 0.6 is 11.3 Å². The molecule has 0 unspecified atom stereocenters. The Balaban J connectivity index is 1.81. The lowest BCUT2D eigenvalue weighted by Crippen LogP contribution is -2.46. The van der Waals surface area contributed by atoms with Gasteiger partial charge < -0.3 is 21.0 Å². The molecule has 1 aromatic rings. The third kappa shape index (κ3) is 3.69. The Morgan fingerprint density at radius 1 is 1.48 bits per heavy atom. The first-order valence-corrected chi connectivity index (χ1v) is 9.38. The number of amides is 2. The van der Waals surface area contributed by atoms with E-state index in [0.717, 1.165) is 16.3 Å². The van der Waals surface area contributed by atoms with E-state index in [9.17, 15) is 24.3 Å². The second-order valence-corrected chi connectivity index (χ2v) is 7.02. The molecule has 1 fully saturated rings. The molecular weight excluding hydrogens is 404 g/mol. The number of carboxylic acids is 1. The third-order valence-corrected chi connectivity index (χ3v) is 5.02. The second kappa shape index (κ2) is 7.97. The average molecular weight is 422 g/mol. The summed E-state index contributed by atoms with van der Waals surface area (Å²) < 4.78 is 0. The van der Waals surface area contributed by atoms with E-state index in [2.05, 4.69) is 20.3 Å². The molecule has 0 bridgehead atoms. The van der Waals surface area contributed by atoms with Gasteiger partial charge in [0.1, 0.15) is 18.8 Å². The summed E-state index contributed by atoms with van der Waals surface area (Å²) >= 11 is 1.10. The van der Waals surface area contributed by atoms with E-state index in [0.29, 0.717) is 0 Å². The van der Waals surface area contributed by atoms with Crippen LogP contribution < -0.4 is 11.1 Å². The molecule has 154 valence electrons. The minimum Gasteiger partial charge on any atom is -0.477 e. The minimum atomic E-state index is -1.38. The number of thiazole rings is 1. The summed E-state index contributed by atoms with van der Waals surface area (Å²) in [5.41, 5.74) is 5.27. The number of carbonyl (C=O) groups is 4. The number of hydrogen-bond donors (Lipinski definition) is 3. The molecule has 1 saturated heterocycles. The fourth-order valence-electron chi connectivity index (χ4n) is 3.11. The summed E-state index contributed by atoms with van der Waals surface area (Å²) in [5.74, 6) is -3.13. The van der Waals surface area contributed by atoms with Gasteiger partial charge in [-0.3, -0.25) is 14.4 Å². The summed E-state index contributed by atoms with van der Waals surface area (Å²) in [6, 6.07) is -1.03. The summed E-state index contributed by atoms with van der Waals surface area (Å²) in [6.07, 6.45) is 0.121. The Bertz CT molecular complexity index is 953. The van der Waals surface area contributed by atoms with Crippen LogP contribution in [0.25, 0.3) is 0 Å². The van der Waals surface area contributed by atoms with E-state index in [1.54, 1.807) is 6.92 Å². The lowest BCUT2D eigenvalue weighted by atomic mass is 10.1. The van der Waals surface area contributed by atoms with Gasteiger partial charge in [-0.25, -0.2) is 19.8 Å². The fraction of sp³-hybridized carbons (Fsp3) is 0.375. The molecule has 3 rings (SSSR count). The van der Waals surface area contributed by atoms with Crippen LogP contribution in [-0.4, -0.2) is 75.6 Å². The Morgan fingerprint density at radius 3 is 2.76 bits per heavy atom. The summed E-state index contributed by atoms with van der Waals surface area (Å²) in [7, 11) is 1.25. The van der Waals surface area contributed by atoms with Gasteiger partial charge in [-0.05, 0) is 0 Å². The van der Waals surface area contributed by atoms with Gasteiger partial charge in [-0.1, -0.05) is 12.1 Å². The number of aliphatic carboxylic acids is 1. The first-order chi connectivity index (χ1) is 13.8. The SMILES string of the molecule is CCC(=O)C1=C(C(=O)O)N2C(=O)[C@H](NC(=O)/C(=N\OC)c3csc(N)n3)CN2C1. The lowest BCUT2D eigenvalue weighted by molar-refractivity contribution is -0.143. The molecule has 1 aromatic heterocycles. The predicted molar refractivity (Wildman–Crippen MR) is 100 cm³/mol. The molecule has 4 N–H and O–H groups in total. The Hall–Kier alpha value is -3.32. The maximum absolute atomic E-state index is 12.8. The first-order valence-electron chi connectivity index (χ1n) is 8.50. The molecular formula is C16H18N6O6S. The average Bonchev–Trinajstić information content (AvgIpc) is 3.34. The number of aromatic nitrogens is 1. The van der Waals surface area contributed by atoms with Gasteiger partial charge in [0.2, 0.25) is 0 Å². The molecule has 0 radical (unpaired) electrons. The molecule has 3 heterocycles. The van der Waals surface area contributed by atoms with E-state index in [4.69, 9.17) is 5.73 Å². The number of carboxylic acid groups (broad SMARTS) is 1. The molecule has 2 amide bonds. The number of anilines is 1. The maximum atomic E-state index is 12.8. The molecule has 0 spiro atoms. The normalized spacial score (nSPS) is 19.5. The predicted octanol–water partition coefficient (Wildman–Crippen LogP) is -1.05. The standard InChI is InChI=1S/C16H18N6O6S/c1-3-10(23)7-4-21-5-8(14(25)22(21)12(7)15(26)27)18-13(24)11(20-28-2)9-6-29-16(17)19-9/h6,8H,3-5H2,1-2H3,(H2,17,19)(H,18,24)(H,26,27)/b20-11-/t8-/m1/s1. The number of ketones is 1. The number of nitrogens with two attached hydrogens (primary N) is 1. The number of nitrogens with one attached hydrogen (secondary N) is 1. The second-order valence-electron chi connectivity index (χ2n) is 6.13. The van der Waals surface area contributed by atoms with Gasteiger partial charge in [0.05, 0.1) is 0 Å². The van der Waals surface area contributed by atoms with Crippen LogP contribution in [-0.2, 0) is 24.0 Å². The highest BCUT2D eigenvalue weighted by Gasteiger charge is 2.49. The fourth-order valence-corrected chi connectivity index (χ4v) is 3.66. The highest BCUT2D eigenvalue weighted by molar-refractivity contribution is 7.13. The van der Waals surface area contributed by atoms with Crippen molar-refractivity contribution in [1.29, 1.82) is 0 Å². The van der Waals surface area contributed by atoms with E-state index in [-0.39, 0.29) is 53.1 Å². The van der Waals surface area contributed by atoms with Crippen LogP contribution in [0.4, 0.5) is 5.13 Å². The van der Waals surface area contributed by atoms with Crippen molar-refractivity contribution in [3.05, 3.63) is 22.3 Å². The van der Waals surface area contributed by atoms with Crippen LogP contribution in [0.3, 0.4) is 0 Å². The summed E-state index contributed by atoms with van der Waals surface area (Å²) in [6.45, 7) is 1.59. The maximum Gasteiger partial charge on any atom is 0.354 e. The number of nitrogens with zero attached hydrogens (tertiary/aromatic N) is 4. The van der Waals surface area contributed by atoms with Gasteiger partial charge in [0.25, 0.3) is 11.8 Å². The smallest absolute Gasteiger partial charge is 0.354 e. The Labute approximate surface area is 168 Å². The van der Waals surface area contributed by atoms with Crippen molar-refractivity contribution in [3.8, 4) is 0 Å². The van der Waals surface area contributed by atoms with Crippen molar-refractivity contribution in [2.75, 3.05) is 25.9 Å². The van der Waals surface area contributed by atoms with Crippen molar-refractivity contribution < 1.29 is 29.1 Å². The van der Waals surface area contributed by atoms with Crippen LogP contribution in [0, 0.1) is 0 Å². The van der Waals surface area contributed by atoms with Crippen LogP contribution in [0.2, 0.25) is 0 Å². The quantitative estimate of drug-likeness (QED) is 0.367. The summed E-state index contributed by atoms with van der Waals surface area (Å²) in [5, 5.41) is 19.7. The lowest BCUT2D eigenvalue weighted by Gasteiger charge is -2.19. The number of hydrazine groups is 1. The van der Waals surface area contributed by atoms with E-state index < -0.39 is 23.8 Å². The zero-order valence-electron chi connectivity index (χ0n) is 15.5. The van der Waals surface area contributed by atoms with E-state index in [1.165, 1.54) is 17.5 Å². The van der Waals surface area contributed by atoms with Crippen LogP contribution in [0.5, 0.6) is 0 Å². The largest absolute Gasteiger partial charge is 0.477 e. The number of hydrogen-bond acceptors (Lipinski definition) is 10. The zero-order chi connectivity index (χ0) is 21.3. The molecule has 0 aromatic carbocycles. The van der Waals surface area contributed by atoms with Gasteiger partial charge in [-0.15, -0.1) is 11.3 Å². The zero-order valence-corrected chi connectivity index (χ0v) is 16.4. The first kappa shape index (κ1) is 20.4. The molecule has 2 aliphatic heterocycles.